The zero-order valence-corrected chi connectivity index (χ0v) is 5.72. The Balaban J connectivity index is 2.35. The van der Waals surface area contributed by atoms with Gasteiger partial charge in [-0.25, -0.2) is 0 Å². The van der Waals surface area contributed by atoms with E-state index in [9.17, 15) is 5.11 Å². The summed E-state index contributed by atoms with van der Waals surface area (Å²) in [5.74, 6) is 0.718. The Hall–Kier alpha value is -0.300. The van der Waals surface area contributed by atoms with Crippen molar-refractivity contribution in [1.29, 1.82) is 0 Å². The summed E-state index contributed by atoms with van der Waals surface area (Å²) in [6.45, 7) is 2.13. The molecule has 0 aromatic heterocycles. The maximum Gasteiger partial charge on any atom is 0.0836 e. The van der Waals surface area contributed by atoms with Crippen LogP contribution in [0.3, 0.4) is 0 Å². The molecule has 0 aliphatic heterocycles. The molecule has 2 rings (SSSR count). The number of aliphatic hydroxyl groups is 1. The third kappa shape index (κ3) is 0.645. The Morgan fingerprint density at radius 3 is 2.78 bits per heavy atom. The lowest BCUT2D eigenvalue weighted by Crippen LogP contribution is -2.18. The Morgan fingerprint density at radius 2 is 2.56 bits per heavy atom. The summed E-state index contributed by atoms with van der Waals surface area (Å²) in [6, 6.07) is 0. The Labute approximate surface area is 55.4 Å². The lowest BCUT2D eigenvalue weighted by molar-refractivity contribution is 0.103. The van der Waals surface area contributed by atoms with Crippen LogP contribution in [0, 0.1) is 5.92 Å². The number of hydrogen-bond donors (Lipinski definition) is 1. The van der Waals surface area contributed by atoms with E-state index >= 15 is 0 Å². The predicted molar refractivity (Wildman–Crippen MR) is 36.0 cm³/mol. The minimum atomic E-state index is -0.380. The highest BCUT2D eigenvalue weighted by atomic mass is 16.3. The summed E-state index contributed by atoms with van der Waals surface area (Å²) in [5, 5.41) is 9.64. The van der Waals surface area contributed by atoms with Gasteiger partial charge in [0.05, 0.1) is 5.60 Å². The van der Waals surface area contributed by atoms with Crippen molar-refractivity contribution in [3.8, 4) is 0 Å². The van der Waals surface area contributed by atoms with Crippen LogP contribution in [0.25, 0.3) is 0 Å². The number of hydrogen-bond acceptors (Lipinski definition) is 1. The van der Waals surface area contributed by atoms with Crippen LogP contribution in [0.5, 0.6) is 0 Å². The number of rotatable bonds is 0. The van der Waals surface area contributed by atoms with Crippen molar-refractivity contribution in [3.05, 3.63) is 11.6 Å². The van der Waals surface area contributed by atoms with E-state index in [0.717, 1.165) is 18.8 Å². The van der Waals surface area contributed by atoms with Gasteiger partial charge in [-0.1, -0.05) is 11.6 Å². The molecule has 2 bridgehead atoms. The normalized spacial score (nSPS) is 47.8. The van der Waals surface area contributed by atoms with Gasteiger partial charge in [-0.2, -0.15) is 0 Å². The summed E-state index contributed by atoms with van der Waals surface area (Å²) in [5.41, 5.74) is 1.03. The summed E-state index contributed by atoms with van der Waals surface area (Å²) in [7, 11) is 0. The first kappa shape index (κ1) is 5.48. The van der Waals surface area contributed by atoms with Gasteiger partial charge in [0.25, 0.3) is 0 Å². The van der Waals surface area contributed by atoms with Crippen molar-refractivity contribution < 1.29 is 5.11 Å². The minimum Gasteiger partial charge on any atom is -0.386 e. The molecular formula is C8H12O. The summed E-state index contributed by atoms with van der Waals surface area (Å²) >= 11 is 0. The van der Waals surface area contributed by atoms with Crippen LogP contribution < -0.4 is 0 Å². The minimum absolute atomic E-state index is 0.380. The van der Waals surface area contributed by atoms with Crippen molar-refractivity contribution in [2.75, 3.05) is 0 Å². The van der Waals surface area contributed by atoms with E-state index in [-0.39, 0.29) is 5.60 Å². The van der Waals surface area contributed by atoms with Crippen molar-refractivity contribution in [1.82, 2.24) is 0 Å². The van der Waals surface area contributed by atoms with Crippen LogP contribution in [0.1, 0.15) is 26.2 Å². The molecule has 1 fully saturated rings. The smallest absolute Gasteiger partial charge is 0.0836 e. The van der Waals surface area contributed by atoms with Crippen LogP contribution >= 0.6 is 0 Å². The highest BCUT2D eigenvalue weighted by Gasteiger charge is 2.41. The van der Waals surface area contributed by atoms with Crippen molar-refractivity contribution >= 4 is 0 Å². The average molecular weight is 124 g/mol. The monoisotopic (exact) mass is 124 g/mol. The molecule has 1 heteroatoms. The third-order valence-electron chi connectivity index (χ3n) is 2.67. The predicted octanol–water partition coefficient (Wildman–Crippen LogP) is 1.48. The van der Waals surface area contributed by atoms with E-state index in [4.69, 9.17) is 0 Å². The fourth-order valence-electron chi connectivity index (χ4n) is 2.12. The molecule has 9 heavy (non-hydrogen) atoms. The van der Waals surface area contributed by atoms with Crippen LogP contribution in [-0.4, -0.2) is 10.7 Å². The standard InChI is InChI=1S/C8H12O/c1-6-4-8(9)3-2-7(6)5-8/h4,7,9H,2-3,5H2,1H3/t7-,8+/m0/s1. The maximum absolute atomic E-state index is 9.64. The lowest BCUT2D eigenvalue weighted by Gasteiger charge is -2.14. The van der Waals surface area contributed by atoms with Crippen LogP contribution in [-0.2, 0) is 0 Å². The van der Waals surface area contributed by atoms with Crippen LogP contribution in [0.15, 0.2) is 11.6 Å². The Kier molecular flexibility index (Phi) is 0.854. The van der Waals surface area contributed by atoms with Gasteiger partial charge in [0.15, 0.2) is 0 Å². The second kappa shape index (κ2) is 1.40. The van der Waals surface area contributed by atoms with Gasteiger partial charge in [0, 0.05) is 0 Å². The molecule has 1 saturated carbocycles. The van der Waals surface area contributed by atoms with E-state index in [1.165, 1.54) is 12.0 Å². The molecule has 0 saturated heterocycles. The molecule has 2 aliphatic carbocycles. The molecule has 0 radical (unpaired) electrons. The van der Waals surface area contributed by atoms with E-state index in [0.29, 0.717) is 0 Å². The quantitative estimate of drug-likeness (QED) is 0.485. The van der Waals surface area contributed by atoms with E-state index in [2.05, 4.69) is 6.92 Å². The molecule has 0 amide bonds. The highest BCUT2D eigenvalue weighted by Crippen LogP contribution is 2.46. The number of fused-ring (bicyclic) bond motifs is 2. The number of allylic oxidation sites excluding steroid dienone is 1. The fraction of sp³-hybridized carbons (Fsp3) is 0.750. The van der Waals surface area contributed by atoms with Crippen molar-refractivity contribution in [2.24, 2.45) is 5.92 Å². The summed E-state index contributed by atoms with van der Waals surface area (Å²) < 4.78 is 0. The topological polar surface area (TPSA) is 20.2 Å². The molecule has 0 heterocycles. The average Bonchev–Trinajstić information content (AvgIpc) is 2.20. The van der Waals surface area contributed by atoms with Gasteiger partial charge in [0.1, 0.15) is 0 Å². The molecule has 0 spiro atoms. The molecule has 0 unspecified atom stereocenters. The zero-order valence-electron chi connectivity index (χ0n) is 5.72. The van der Waals surface area contributed by atoms with Crippen molar-refractivity contribution in [2.45, 2.75) is 31.8 Å². The third-order valence-corrected chi connectivity index (χ3v) is 2.67. The van der Waals surface area contributed by atoms with E-state index < -0.39 is 0 Å². The second-order valence-corrected chi connectivity index (χ2v) is 3.43. The molecule has 1 N–H and O–H groups in total. The van der Waals surface area contributed by atoms with E-state index in [1.807, 2.05) is 6.08 Å². The molecule has 50 valence electrons. The maximum atomic E-state index is 9.64. The van der Waals surface area contributed by atoms with Gasteiger partial charge >= 0.3 is 0 Å². The molecule has 0 aromatic carbocycles. The van der Waals surface area contributed by atoms with Gasteiger partial charge in [0.2, 0.25) is 0 Å². The molecule has 0 aromatic rings. The highest BCUT2D eigenvalue weighted by molar-refractivity contribution is 5.24. The molecular weight excluding hydrogens is 112 g/mol. The van der Waals surface area contributed by atoms with Crippen molar-refractivity contribution in [3.63, 3.8) is 0 Å². The fourth-order valence-corrected chi connectivity index (χ4v) is 2.12. The first-order chi connectivity index (χ1) is 4.20. The lowest BCUT2D eigenvalue weighted by atomic mass is 9.99. The SMILES string of the molecule is CC1=C[C@]2(O)CC[C@H]1C2. The molecule has 2 aliphatic rings. The summed E-state index contributed by atoms with van der Waals surface area (Å²) in [4.78, 5) is 0. The Bertz CT molecular complexity index is 171. The molecule has 2 atom stereocenters. The van der Waals surface area contributed by atoms with Gasteiger partial charge < -0.3 is 5.11 Å². The summed E-state index contributed by atoms with van der Waals surface area (Å²) in [6.07, 6.45) is 5.24. The first-order valence-electron chi connectivity index (χ1n) is 3.61. The van der Waals surface area contributed by atoms with Gasteiger partial charge in [-0.3, -0.25) is 0 Å². The van der Waals surface area contributed by atoms with E-state index in [1.54, 1.807) is 0 Å². The first-order valence-corrected chi connectivity index (χ1v) is 3.61. The second-order valence-electron chi connectivity index (χ2n) is 3.43. The van der Waals surface area contributed by atoms with Crippen LogP contribution in [0.4, 0.5) is 0 Å². The van der Waals surface area contributed by atoms with Gasteiger partial charge in [-0.15, -0.1) is 0 Å². The molecule has 1 nitrogen and oxygen atoms in total. The van der Waals surface area contributed by atoms with Crippen LogP contribution in [0.2, 0.25) is 0 Å². The Morgan fingerprint density at radius 1 is 1.78 bits per heavy atom. The largest absolute Gasteiger partial charge is 0.386 e. The zero-order chi connectivity index (χ0) is 6.48. The van der Waals surface area contributed by atoms with Gasteiger partial charge in [-0.05, 0) is 32.1 Å².